The molecule has 1 N–H and O–H groups in total. The lowest BCUT2D eigenvalue weighted by Crippen LogP contribution is -2.13. The van der Waals surface area contributed by atoms with Gasteiger partial charge in [0.05, 0.1) is 0 Å². The summed E-state index contributed by atoms with van der Waals surface area (Å²) in [5, 5.41) is 3.33. The van der Waals surface area contributed by atoms with Crippen molar-refractivity contribution >= 4 is 11.8 Å². The number of nitrogens with one attached hydrogen (secondary N) is 1. The van der Waals surface area contributed by atoms with Gasteiger partial charge >= 0.3 is 0 Å². The maximum Gasteiger partial charge on any atom is 0.0470 e. The zero-order valence-corrected chi connectivity index (χ0v) is 9.79. The molecule has 0 saturated carbocycles. The van der Waals surface area contributed by atoms with Gasteiger partial charge in [0, 0.05) is 13.7 Å². The molecule has 0 unspecified atom stereocenters. The summed E-state index contributed by atoms with van der Waals surface area (Å²) in [6.45, 7) is 5.33. The van der Waals surface area contributed by atoms with Crippen molar-refractivity contribution in [1.29, 1.82) is 0 Å². The molecular formula is C10H23NOS. The fourth-order valence-electron chi connectivity index (χ4n) is 1.04. The largest absolute Gasteiger partial charge is 0.385 e. The van der Waals surface area contributed by atoms with Crippen LogP contribution in [0, 0.1) is 0 Å². The minimum Gasteiger partial charge on any atom is -0.385 e. The van der Waals surface area contributed by atoms with Gasteiger partial charge in [-0.15, -0.1) is 0 Å². The standard InChI is InChI=1S/C10H23NOS/c1-3-11-7-4-5-9-13-10-6-8-12-2/h11H,3-10H2,1-2H3. The van der Waals surface area contributed by atoms with Crippen molar-refractivity contribution in [3.05, 3.63) is 0 Å². The van der Waals surface area contributed by atoms with E-state index in [0.29, 0.717) is 0 Å². The quantitative estimate of drug-likeness (QED) is 0.552. The normalized spacial score (nSPS) is 10.6. The average molecular weight is 205 g/mol. The summed E-state index contributed by atoms with van der Waals surface area (Å²) in [5.41, 5.74) is 0. The Morgan fingerprint density at radius 1 is 1.15 bits per heavy atom. The highest BCUT2D eigenvalue weighted by Gasteiger charge is 1.90. The Kier molecular flexibility index (Phi) is 12.5. The zero-order chi connectivity index (χ0) is 9.78. The lowest BCUT2D eigenvalue weighted by molar-refractivity contribution is 0.200. The van der Waals surface area contributed by atoms with Gasteiger partial charge in [-0.1, -0.05) is 6.92 Å². The molecule has 0 aromatic carbocycles. The van der Waals surface area contributed by atoms with Crippen molar-refractivity contribution in [2.24, 2.45) is 0 Å². The number of hydrogen-bond acceptors (Lipinski definition) is 3. The Morgan fingerprint density at radius 2 is 1.92 bits per heavy atom. The van der Waals surface area contributed by atoms with Crippen LogP contribution in [-0.2, 0) is 4.74 Å². The SMILES string of the molecule is CCNCCCCSCCCOC. The van der Waals surface area contributed by atoms with Crippen molar-refractivity contribution in [1.82, 2.24) is 5.32 Å². The Hall–Kier alpha value is 0.270. The van der Waals surface area contributed by atoms with Crippen LogP contribution in [0.15, 0.2) is 0 Å². The van der Waals surface area contributed by atoms with Crippen LogP contribution < -0.4 is 5.32 Å². The fraction of sp³-hybridized carbons (Fsp3) is 1.00. The number of thioether (sulfide) groups is 1. The number of unbranched alkanes of at least 4 members (excludes halogenated alkanes) is 1. The molecule has 0 rings (SSSR count). The molecule has 0 aliphatic carbocycles. The first-order valence-corrected chi connectivity index (χ1v) is 6.34. The van der Waals surface area contributed by atoms with E-state index in [1.165, 1.54) is 37.3 Å². The predicted molar refractivity (Wildman–Crippen MR) is 61.6 cm³/mol. The van der Waals surface area contributed by atoms with Gasteiger partial charge in [-0.2, -0.15) is 11.8 Å². The van der Waals surface area contributed by atoms with Gasteiger partial charge in [-0.25, -0.2) is 0 Å². The van der Waals surface area contributed by atoms with Crippen LogP contribution in [0.4, 0.5) is 0 Å². The van der Waals surface area contributed by atoms with Crippen LogP contribution in [0.5, 0.6) is 0 Å². The van der Waals surface area contributed by atoms with E-state index >= 15 is 0 Å². The van der Waals surface area contributed by atoms with Gasteiger partial charge in [0.15, 0.2) is 0 Å². The summed E-state index contributed by atoms with van der Waals surface area (Å²) >= 11 is 2.04. The topological polar surface area (TPSA) is 21.3 Å². The zero-order valence-electron chi connectivity index (χ0n) is 8.97. The van der Waals surface area contributed by atoms with E-state index in [-0.39, 0.29) is 0 Å². The molecule has 0 bridgehead atoms. The van der Waals surface area contributed by atoms with Crippen LogP contribution in [0.3, 0.4) is 0 Å². The van der Waals surface area contributed by atoms with E-state index in [0.717, 1.165) is 13.2 Å². The average Bonchev–Trinajstić information content (AvgIpc) is 2.16. The van der Waals surface area contributed by atoms with Gasteiger partial charge in [0.25, 0.3) is 0 Å². The molecule has 2 nitrogen and oxygen atoms in total. The molecular weight excluding hydrogens is 182 g/mol. The Labute approximate surface area is 86.8 Å². The van der Waals surface area contributed by atoms with Crippen molar-refractivity contribution in [3.63, 3.8) is 0 Å². The second-order valence-corrected chi connectivity index (χ2v) is 4.24. The van der Waals surface area contributed by atoms with E-state index in [1.807, 2.05) is 11.8 Å². The van der Waals surface area contributed by atoms with Crippen molar-refractivity contribution < 1.29 is 4.74 Å². The summed E-state index contributed by atoms with van der Waals surface area (Å²) in [6, 6.07) is 0. The second kappa shape index (κ2) is 12.3. The summed E-state index contributed by atoms with van der Waals surface area (Å²) in [5.74, 6) is 2.55. The van der Waals surface area contributed by atoms with E-state index in [9.17, 15) is 0 Å². The first kappa shape index (κ1) is 13.3. The Balaban J connectivity index is 2.76. The summed E-state index contributed by atoms with van der Waals surface area (Å²) < 4.78 is 4.98. The summed E-state index contributed by atoms with van der Waals surface area (Å²) in [6.07, 6.45) is 3.84. The number of hydrogen-bond donors (Lipinski definition) is 1. The van der Waals surface area contributed by atoms with Crippen LogP contribution in [-0.4, -0.2) is 38.3 Å². The molecule has 0 amide bonds. The predicted octanol–water partition coefficient (Wildman–Crippen LogP) is 2.15. The number of rotatable bonds is 10. The van der Waals surface area contributed by atoms with E-state index in [4.69, 9.17) is 4.74 Å². The Bertz CT molecular complexity index is 81.0. The second-order valence-electron chi connectivity index (χ2n) is 3.02. The van der Waals surface area contributed by atoms with Gasteiger partial charge in [0.2, 0.25) is 0 Å². The van der Waals surface area contributed by atoms with Crippen molar-refractivity contribution in [2.75, 3.05) is 38.3 Å². The third kappa shape index (κ3) is 12.3. The van der Waals surface area contributed by atoms with Gasteiger partial charge in [-0.3, -0.25) is 0 Å². The molecule has 13 heavy (non-hydrogen) atoms. The maximum atomic E-state index is 4.98. The molecule has 0 aromatic heterocycles. The van der Waals surface area contributed by atoms with E-state index in [1.54, 1.807) is 7.11 Å². The van der Waals surface area contributed by atoms with Crippen LogP contribution in [0.1, 0.15) is 26.2 Å². The van der Waals surface area contributed by atoms with Crippen molar-refractivity contribution in [3.8, 4) is 0 Å². The molecule has 3 heteroatoms. The van der Waals surface area contributed by atoms with E-state index in [2.05, 4.69) is 12.2 Å². The third-order valence-electron chi connectivity index (χ3n) is 1.78. The molecule has 0 fully saturated rings. The minimum atomic E-state index is 0.907. The lowest BCUT2D eigenvalue weighted by atomic mass is 10.3. The third-order valence-corrected chi connectivity index (χ3v) is 2.93. The molecule has 0 atom stereocenters. The monoisotopic (exact) mass is 205 g/mol. The molecule has 0 radical (unpaired) electrons. The minimum absolute atomic E-state index is 0.907. The highest BCUT2D eigenvalue weighted by Crippen LogP contribution is 2.05. The highest BCUT2D eigenvalue weighted by molar-refractivity contribution is 7.99. The molecule has 80 valence electrons. The van der Waals surface area contributed by atoms with Crippen LogP contribution in [0.25, 0.3) is 0 Å². The number of methoxy groups -OCH3 is 1. The first-order chi connectivity index (χ1) is 6.41. The van der Waals surface area contributed by atoms with Crippen molar-refractivity contribution in [2.45, 2.75) is 26.2 Å². The molecule has 0 aliphatic heterocycles. The molecule has 0 spiro atoms. The molecule has 0 heterocycles. The summed E-state index contributed by atoms with van der Waals surface area (Å²) in [7, 11) is 1.76. The van der Waals surface area contributed by atoms with Gasteiger partial charge in [0.1, 0.15) is 0 Å². The molecule has 0 saturated heterocycles. The van der Waals surface area contributed by atoms with E-state index < -0.39 is 0 Å². The van der Waals surface area contributed by atoms with Crippen LogP contribution in [0.2, 0.25) is 0 Å². The summed E-state index contributed by atoms with van der Waals surface area (Å²) in [4.78, 5) is 0. The molecule has 0 aliphatic rings. The molecule has 0 aromatic rings. The highest BCUT2D eigenvalue weighted by atomic mass is 32.2. The number of ether oxygens (including phenoxy) is 1. The first-order valence-electron chi connectivity index (χ1n) is 5.19. The van der Waals surface area contributed by atoms with Gasteiger partial charge < -0.3 is 10.1 Å². The van der Waals surface area contributed by atoms with Crippen LogP contribution >= 0.6 is 11.8 Å². The lowest BCUT2D eigenvalue weighted by Gasteiger charge is -2.02. The fourth-order valence-corrected chi connectivity index (χ4v) is 1.97. The smallest absolute Gasteiger partial charge is 0.0470 e. The maximum absolute atomic E-state index is 4.98. The Morgan fingerprint density at radius 3 is 2.62 bits per heavy atom. The van der Waals surface area contributed by atoms with Gasteiger partial charge in [-0.05, 0) is 43.9 Å².